The van der Waals surface area contributed by atoms with Crippen LogP contribution >= 0.6 is 24.8 Å². The fourth-order valence-electron chi connectivity index (χ4n) is 3.25. The first kappa shape index (κ1) is 20.7. The SMILES string of the molecule is Cl.Cl.NC[C@H]1CCC[C@H]1C(=O)NCCc1nc2ccc(F)cc2[nH]1. The molecule has 1 fully saturated rings. The molecule has 5 nitrogen and oxygen atoms in total. The van der Waals surface area contributed by atoms with Gasteiger partial charge in [0.2, 0.25) is 5.91 Å². The maximum Gasteiger partial charge on any atom is 0.223 e. The summed E-state index contributed by atoms with van der Waals surface area (Å²) in [4.78, 5) is 19.6. The number of fused-ring (bicyclic) bond motifs is 1. The lowest BCUT2D eigenvalue weighted by molar-refractivity contribution is -0.125. The minimum Gasteiger partial charge on any atom is -0.355 e. The van der Waals surface area contributed by atoms with Gasteiger partial charge in [-0.05, 0) is 43.5 Å². The summed E-state index contributed by atoms with van der Waals surface area (Å²) in [5.74, 6) is 0.923. The van der Waals surface area contributed by atoms with Crippen molar-refractivity contribution < 1.29 is 9.18 Å². The number of rotatable bonds is 5. The smallest absolute Gasteiger partial charge is 0.223 e. The second kappa shape index (κ2) is 9.20. The molecule has 4 N–H and O–H groups in total. The van der Waals surface area contributed by atoms with Gasteiger partial charge in [0.1, 0.15) is 11.6 Å². The first-order valence-corrected chi connectivity index (χ1v) is 7.79. The van der Waals surface area contributed by atoms with Crippen molar-refractivity contribution in [3.8, 4) is 0 Å². The van der Waals surface area contributed by atoms with Gasteiger partial charge in [-0.3, -0.25) is 4.79 Å². The van der Waals surface area contributed by atoms with Crippen LogP contribution in [0.3, 0.4) is 0 Å². The van der Waals surface area contributed by atoms with Crippen molar-refractivity contribution in [2.45, 2.75) is 25.7 Å². The van der Waals surface area contributed by atoms with E-state index in [4.69, 9.17) is 5.73 Å². The van der Waals surface area contributed by atoms with E-state index in [0.29, 0.717) is 30.9 Å². The lowest BCUT2D eigenvalue weighted by Gasteiger charge is -2.17. The topological polar surface area (TPSA) is 83.8 Å². The number of hydrogen-bond donors (Lipinski definition) is 3. The van der Waals surface area contributed by atoms with Gasteiger partial charge in [0.15, 0.2) is 0 Å². The third kappa shape index (κ3) is 4.59. The number of imidazole rings is 1. The van der Waals surface area contributed by atoms with E-state index in [-0.39, 0.29) is 42.5 Å². The number of halogens is 3. The maximum atomic E-state index is 13.1. The summed E-state index contributed by atoms with van der Waals surface area (Å²) in [6.45, 7) is 1.10. The molecule has 1 aliphatic carbocycles. The van der Waals surface area contributed by atoms with Crippen LogP contribution in [-0.4, -0.2) is 29.0 Å². The number of H-pyrrole nitrogens is 1. The van der Waals surface area contributed by atoms with Crippen LogP contribution in [0, 0.1) is 17.7 Å². The minimum atomic E-state index is -0.287. The molecule has 2 aromatic rings. The van der Waals surface area contributed by atoms with Crippen LogP contribution < -0.4 is 11.1 Å². The molecule has 1 aromatic heterocycles. The van der Waals surface area contributed by atoms with Crippen LogP contribution in [-0.2, 0) is 11.2 Å². The quantitative estimate of drug-likeness (QED) is 0.749. The zero-order chi connectivity index (χ0) is 15.5. The molecule has 0 radical (unpaired) electrons. The van der Waals surface area contributed by atoms with E-state index in [1.807, 2.05) is 0 Å². The van der Waals surface area contributed by atoms with Gasteiger partial charge in [-0.15, -0.1) is 24.8 Å². The molecule has 0 spiro atoms. The molecule has 0 unspecified atom stereocenters. The lowest BCUT2D eigenvalue weighted by Crippen LogP contribution is -2.36. The van der Waals surface area contributed by atoms with Gasteiger partial charge in [0.25, 0.3) is 0 Å². The third-order valence-corrected chi connectivity index (χ3v) is 4.45. The number of aromatic nitrogens is 2. The van der Waals surface area contributed by atoms with Crippen molar-refractivity contribution in [1.29, 1.82) is 0 Å². The molecular weight excluding hydrogens is 354 g/mol. The van der Waals surface area contributed by atoms with E-state index in [0.717, 1.165) is 30.6 Å². The van der Waals surface area contributed by atoms with Crippen molar-refractivity contribution in [2.24, 2.45) is 17.6 Å². The number of hydrogen-bond acceptors (Lipinski definition) is 3. The molecular formula is C16H23Cl2FN4O. The molecule has 1 aliphatic rings. The van der Waals surface area contributed by atoms with Crippen molar-refractivity contribution in [2.75, 3.05) is 13.1 Å². The Balaban J connectivity index is 0.00000144. The fraction of sp³-hybridized carbons (Fsp3) is 0.500. The second-order valence-corrected chi connectivity index (χ2v) is 5.92. The average molecular weight is 377 g/mol. The summed E-state index contributed by atoms with van der Waals surface area (Å²) in [7, 11) is 0. The zero-order valence-electron chi connectivity index (χ0n) is 13.3. The number of nitrogens with one attached hydrogen (secondary N) is 2. The predicted octanol–water partition coefficient (Wildman–Crippen LogP) is 2.58. The molecule has 1 heterocycles. The molecule has 2 atom stereocenters. The van der Waals surface area contributed by atoms with E-state index in [1.165, 1.54) is 12.1 Å². The Bertz CT molecular complexity index is 679. The van der Waals surface area contributed by atoms with Crippen LogP contribution in [0.4, 0.5) is 4.39 Å². The highest BCUT2D eigenvalue weighted by Gasteiger charge is 2.31. The number of carbonyl (C=O) groups is 1. The zero-order valence-corrected chi connectivity index (χ0v) is 14.9. The molecule has 24 heavy (non-hydrogen) atoms. The van der Waals surface area contributed by atoms with Crippen LogP contribution in [0.1, 0.15) is 25.1 Å². The summed E-state index contributed by atoms with van der Waals surface area (Å²) in [5.41, 5.74) is 7.13. The first-order valence-electron chi connectivity index (χ1n) is 7.79. The van der Waals surface area contributed by atoms with E-state index in [9.17, 15) is 9.18 Å². The van der Waals surface area contributed by atoms with Crippen LogP contribution in [0.25, 0.3) is 11.0 Å². The van der Waals surface area contributed by atoms with E-state index >= 15 is 0 Å². The van der Waals surface area contributed by atoms with Crippen molar-refractivity contribution in [1.82, 2.24) is 15.3 Å². The molecule has 134 valence electrons. The van der Waals surface area contributed by atoms with Crippen LogP contribution in [0.15, 0.2) is 18.2 Å². The van der Waals surface area contributed by atoms with Gasteiger partial charge in [-0.2, -0.15) is 0 Å². The number of aromatic amines is 1. The summed E-state index contributed by atoms with van der Waals surface area (Å²) in [6, 6.07) is 4.46. The van der Waals surface area contributed by atoms with Gasteiger partial charge in [-0.25, -0.2) is 9.37 Å². The van der Waals surface area contributed by atoms with Gasteiger partial charge < -0.3 is 16.0 Å². The second-order valence-electron chi connectivity index (χ2n) is 5.92. The Labute approximate surface area is 152 Å². The Morgan fingerprint density at radius 3 is 2.92 bits per heavy atom. The summed E-state index contributed by atoms with van der Waals surface area (Å²) in [5, 5.41) is 2.96. The largest absolute Gasteiger partial charge is 0.355 e. The Morgan fingerprint density at radius 1 is 1.38 bits per heavy atom. The average Bonchev–Trinajstić information content (AvgIpc) is 3.12. The van der Waals surface area contributed by atoms with Gasteiger partial charge in [0.05, 0.1) is 11.0 Å². The summed E-state index contributed by atoms with van der Waals surface area (Å²) < 4.78 is 13.1. The Morgan fingerprint density at radius 2 is 2.17 bits per heavy atom. The summed E-state index contributed by atoms with van der Waals surface area (Å²) >= 11 is 0. The molecule has 0 bridgehead atoms. The molecule has 0 aliphatic heterocycles. The third-order valence-electron chi connectivity index (χ3n) is 4.45. The van der Waals surface area contributed by atoms with Gasteiger partial charge >= 0.3 is 0 Å². The maximum absolute atomic E-state index is 13.1. The highest BCUT2D eigenvalue weighted by atomic mass is 35.5. The normalized spacial score (nSPS) is 19.6. The predicted molar refractivity (Wildman–Crippen MR) is 97.1 cm³/mol. The van der Waals surface area contributed by atoms with E-state index in [1.54, 1.807) is 6.07 Å². The molecule has 1 aromatic carbocycles. The highest BCUT2D eigenvalue weighted by molar-refractivity contribution is 5.85. The highest BCUT2D eigenvalue weighted by Crippen LogP contribution is 2.30. The standard InChI is InChI=1S/C16H21FN4O.2ClH/c17-11-4-5-13-14(8-11)21-15(20-13)6-7-19-16(22)12-3-1-2-10(12)9-18;;/h4-5,8,10,12H,1-3,6-7,9,18H2,(H,19,22)(H,20,21);2*1H/t10-,12-;;/m1../s1. The van der Waals surface area contributed by atoms with Crippen molar-refractivity contribution in [3.63, 3.8) is 0 Å². The molecule has 0 saturated heterocycles. The monoisotopic (exact) mass is 376 g/mol. The molecule has 1 saturated carbocycles. The Kier molecular flexibility index (Phi) is 7.93. The number of nitrogens with two attached hydrogens (primary N) is 1. The number of nitrogens with zero attached hydrogens (tertiary/aromatic N) is 1. The minimum absolute atomic E-state index is 0. The first-order chi connectivity index (χ1) is 10.7. The van der Waals surface area contributed by atoms with Crippen molar-refractivity contribution in [3.05, 3.63) is 29.8 Å². The number of carbonyl (C=O) groups excluding carboxylic acids is 1. The molecule has 1 amide bonds. The van der Waals surface area contributed by atoms with Crippen molar-refractivity contribution >= 4 is 41.8 Å². The summed E-state index contributed by atoms with van der Waals surface area (Å²) in [6.07, 6.45) is 3.65. The van der Waals surface area contributed by atoms with E-state index < -0.39 is 0 Å². The van der Waals surface area contributed by atoms with Gasteiger partial charge in [-0.1, -0.05) is 6.42 Å². The van der Waals surface area contributed by atoms with Gasteiger partial charge in [0, 0.05) is 18.9 Å². The Hall–Kier alpha value is -1.37. The molecule has 3 rings (SSSR count). The van der Waals surface area contributed by atoms with Crippen LogP contribution in [0.5, 0.6) is 0 Å². The fourth-order valence-corrected chi connectivity index (χ4v) is 3.25. The van der Waals surface area contributed by atoms with E-state index in [2.05, 4.69) is 15.3 Å². The number of benzene rings is 1. The molecule has 8 heteroatoms. The number of amides is 1. The lowest BCUT2D eigenvalue weighted by atomic mass is 9.95. The van der Waals surface area contributed by atoms with Crippen LogP contribution in [0.2, 0.25) is 0 Å².